The van der Waals surface area contributed by atoms with Crippen molar-refractivity contribution in [2.75, 3.05) is 18.4 Å². The molecule has 1 amide bonds. The second-order valence-corrected chi connectivity index (χ2v) is 7.78. The molecule has 3 aromatic rings. The van der Waals surface area contributed by atoms with Crippen molar-refractivity contribution in [1.29, 1.82) is 0 Å². The van der Waals surface area contributed by atoms with E-state index in [1.54, 1.807) is 0 Å². The lowest BCUT2D eigenvalue weighted by Gasteiger charge is -2.19. The van der Waals surface area contributed by atoms with Crippen molar-refractivity contribution in [3.05, 3.63) is 90.0 Å². The molecule has 1 aliphatic rings. The molecule has 0 spiro atoms. The third-order valence-corrected chi connectivity index (χ3v) is 5.41. The Morgan fingerprint density at radius 2 is 1.40 bits per heavy atom. The summed E-state index contributed by atoms with van der Waals surface area (Å²) in [6, 6.07) is 25.0. The maximum atomic E-state index is 12.6. The van der Waals surface area contributed by atoms with E-state index >= 15 is 0 Å². The van der Waals surface area contributed by atoms with Gasteiger partial charge in [0.25, 0.3) is 5.91 Å². The van der Waals surface area contributed by atoms with Crippen LogP contribution in [0.5, 0.6) is 11.5 Å². The van der Waals surface area contributed by atoms with Crippen LogP contribution in [0, 0.1) is 0 Å². The van der Waals surface area contributed by atoms with Crippen LogP contribution in [0.25, 0.3) is 0 Å². The SMILES string of the molecule is O=C(Nc1ccc(Oc2ccccc2)cc1)c1ccc(CN2CCCCCC2)cc1. The minimum Gasteiger partial charge on any atom is -0.457 e. The molecule has 1 N–H and O–H groups in total. The first kappa shape index (κ1) is 20.2. The molecule has 1 saturated heterocycles. The number of carbonyl (C=O) groups is 1. The number of amides is 1. The van der Waals surface area contributed by atoms with Crippen molar-refractivity contribution in [3.63, 3.8) is 0 Å². The first-order valence-electron chi connectivity index (χ1n) is 10.7. The van der Waals surface area contributed by atoms with Crippen LogP contribution in [-0.4, -0.2) is 23.9 Å². The fourth-order valence-corrected chi connectivity index (χ4v) is 3.75. The monoisotopic (exact) mass is 400 g/mol. The zero-order valence-electron chi connectivity index (χ0n) is 17.2. The summed E-state index contributed by atoms with van der Waals surface area (Å²) in [5.41, 5.74) is 2.67. The van der Waals surface area contributed by atoms with E-state index < -0.39 is 0 Å². The van der Waals surface area contributed by atoms with Gasteiger partial charge in [0.1, 0.15) is 11.5 Å². The fourth-order valence-electron chi connectivity index (χ4n) is 3.75. The van der Waals surface area contributed by atoms with E-state index in [1.165, 1.54) is 44.3 Å². The number of benzene rings is 3. The zero-order valence-corrected chi connectivity index (χ0v) is 17.2. The van der Waals surface area contributed by atoms with Crippen LogP contribution in [0.2, 0.25) is 0 Å². The number of nitrogens with zero attached hydrogens (tertiary/aromatic N) is 1. The highest BCUT2D eigenvalue weighted by molar-refractivity contribution is 6.04. The average Bonchev–Trinajstić information content (AvgIpc) is 3.05. The molecular formula is C26H28N2O2. The van der Waals surface area contributed by atoms with Crippen LogP contribution >= 0.6 is 0 Å². The summed E-state index contributed by atoms with van der Waals surface area (Å²) in [5, 5.41) is 2.95. The van der Waals surface area contributed by atoms with Gasteiger partial charge in [0.2, 0.25) is 0 Å². The van der Waals surface area contributed by atoms with Crippen LogP contribution in [0.4, 0.5) is 5.69 Å². The highest BCUT2D eigenvalue weighted by Gasteiger charge is 2.11. The van der Waals surface area contributed by atoms with Gasteiger partial charge < -0.3 is 10.1 Å². The maximum Gasteiger partial charge on any atom is 0.255 e. The van der Waals surface area contributed by atoms with E-state index in [0.717, 1.165) is 23.7 Å². The van der Waals surface area contributed by atoms with Crippen LogP contribution < -0.4 is 10.1 Å². The van der Waals surface area contributed by atoms with E-state index in [4.69, 9.17) is 4.74 Å². The standard InChI is InChI=1S/C26H28N2O2/c29-26(22-12-10-21(11-13-22)20-28-18-6-1-2-7-19-28)27-23-14-16-25(17-15-23)30-24-8-4-3-5-9-24/h3-5,8-17H,1-2,6-7,18-20H2,(H,27,29). The molecule has 1 heterocycles. The summed E-state index contributed by atoms with van der Waals surface area (Å²) in [5.74, 6) is 1.42. The van der Waals surface area contributed by atoms with Gasteiger partial charge >= 0.3 is 0 Å². The minimum atomic E-state index is -0.104. The molecule has 4 rings (SSSR count). The smallest absolute Gasteiger partial charge is 0.255 e. The van der Waals surface area contributed by atoms with E-state index in [0.29, 0.717) is 5.56 Å². The molecule has 30 heavy (non-hydrogen) atoms. The average molecular weight is 401 g/mol. The molecule has 0 aromatic heterocycles. The largest absolute Gasteiger partial charge is 0.457 e. The summed E-state index contributed by atoms with van der Waals surface area (Å²) in [6.07, 6.45) is 5.26. The van der Waals surface area contributed by atoms with Crippen molar-refractivity contribution in [3.8, 4) is 11.5 Å². The Morgan fingerprint density at radius 3 is 2.07 bits per heavy atom. The van der Waals surface area contributed by atoms with Crippen molar-refractivity contribution < 1.29 is 9.53 Å². The maximum absolute atomic E-state index is 12.6. The highest BCUT2D eigenvalue weighted by atomic mass is 16.5. The quantitative estimate of drug-likeness (QED) is 0.543. The molecule has 0 atom stereocenters. The molecule has 3 aromatic carbocycles. The molecule has 0 bridgehead atoms. The van der Waals surface area contributed by atoms with Gasteiger partial charge in [-0.05, 0) is 80.0 Å². The summed E-state index contributed by atoms with van der Waals surface area (Å²) in [7, 11) is 0. The Balaban J connectivity index is 1.32. The van der Waals surface area contributed by atoms with Gasteiger partial charge in [0.05, 0.1) is 0 Å². The first-order valence-corrected chi connectivity index (χ1v) is 10.7. The van der Waals surface area contributed by atoms with Crippen molar-refractivity contribution in [2.45, 2.75) is 32.2 Å². The Labute approximate surface area is 178 Å². The van der Waals surface area contributed by atoms with Gasteiger partial charge in [0, 0.05) is 17.8 Å². The lowest BCUT2D eigenvalue weighted by atomic mass is 10.1. The number of anilines is 1. The van der Waals surface area contributed by atoms with Crippen LogP contribution in [0.1, 0.15) is 41.6 Å². The molecule has 4 heteroatoms. The second-order valence-electron chi connectivity index (χ2n) is 7.78. The summed E-state index contributed by atoms with van der Waals surface area (Å²) in [4.78, 5) is 15.1. The lowest BCUT2D eigenvalue weighted by molar-refractivity contribution is 0.102. The number of nitrogens with one attached hydrogen (secondary N) is 1. The number of hydrogen-bond acceptors (Lipinski definition) is 3. The number of hydrogen-bond donors (Lipinski definition) is 1. The Bertz CT molecular complexity index is 929. The van der Waals surface area contributed by atoms with Gasteiger partial charge in [-0.2, -0.15) is 0 Å². The third-order valence-electron chi connectivity index (χ3n) is 5.41. The van der Waals surface area contributed by atoms with Gasteiger partial charge in [-0.15, -0.1) is 0 Å². The Kier molecular flexibility index (Phi) is 6.78. The highest BCUT2D eigenvalue weighted by Crippen LogP contribution is 2.23. The zero-order chi connectivity index (χ0) is 20.6. The predicted octanol–water partition coefficient (Wildman–Crippen LogP) is 6.11. The fraction of sp³-hybridized carbons (Fsp3) is 0.269. The molecule has 0 aliphatic carbocycles. The Morgan fingerprint density at radius 1 is 0.767 bits per heavy atom. The summed E-state index contributed by atoms with van der Waals surface area (Å²) in [6.45, 7) is 3.31. The normalized spacial score (nSPS) is 14.7. The van der Waals surface area contributed by atoms with E-state index in [-0.39, 0.29) is 5.91 Å². The Hall–Kier alpha value is -3.11. The molecule has 0 radical (unpaired) electrons. The van der Waals surface area contributed by atoms with Crippen molar-refractivity contribution in [2.24, 2.45) is 0 Å². The predicted molar refractivity (Wildman–Crippen MR) is 121 cm³/mol. The molecule has 0 unspecified atom stereocenters. The number of likely N-dealkylation sites (tertiary alicyclic amines) is 1. The van der Waals surface area contributed by atoms with E-state index in [1.807, 2.05) is 66.7 Å². The molecular weight excluding hydrogens is 372 g/mol. The van der Waals surface area contributed by atoms with E-state index in [2.05, 4.69) is 22.3 Å². The molecule has 0 saturated carbocycles. The van der Waals surface area contributed by atoms with Gasteiger partial charge in [-0.3, -0.25) is 9.69 Å². The molecule has 1 aliphatic heterocycles. The minimum absolute atomic E-state index is 0.104. The topological polar surface area (TPSA) is 41.6 Å². The lowest BCUT2D eigenvalue weighted by Crippen LogP contribution is -2.24. The van der Waals surface area contributed by atoms with Crippen molar-refractivity contribution in [1.82, 2.24) is 4.90 Å². The second kappa shape index (κ2) is 10.1. The number of carbonyl (C=O) groups excluding carboxylic acids is 1. The summed E-state index contributed by atoms with van der Waals surface area (Å²) < 4.78 is 5.79. The molecule has 154 valence electrons. The van der Waals surface area contributed by atoms with Gasteiger partial charge in [0.15, 0.2) is 0 Å². The van der Waals surface area contributed by atoms with Crippen LogP contribution in [0.15, 0.2) is 78.9 Å². The molecule has 4 nitrogen and oxygen atoms in total. The summed E-state index contributed by atoms with van der Waals surface area (Å²) >= 11 is 0. The van der Waals surface area contributed by atoms with E-state index in [9.17, 15) is 4.79 Å². The van der Waals surface area contributed by atoms with Gasteiger partial charge in [-0.1, -0.05) is 43.2 Å². The number of para-hydroxylation sites is 1. The van der Waals surface area contributed by atoms with Crippen LogP contribution in [-0.2, 0) is 6.54 Å². The van der Waals surface area contributed by atoms with Gasteiger partial charge in [-0.25, -0.2) is 0 Å². The number of ether oxygens (including phenoxy) is 1. The van der Waals surface area contributed by atoms with Crippen molar-refractivity contribution >= 4 is 11.6 Å². The molecule has 1 fully saturated rings. The third kappa shape index (κ3) is 5.71. The first-order chi connectivity index (χ1) is 14.8. The number of rotatable bonds is 6. The van der Waals surface area contributed by atoms with Crippen LogP contribution in [0.3, 0.4) is 0 Å².